The van der Waals surface area contributed by atoms with Crippen LogP contribution in [0.15, 0.2) is 64.1 Å². The number of carbonyl (C=O) groups excluding carboxylic acids is 1. The number of esters is 1. The number of aromatic amines is 2. The standard InChI is InChI=1S/C22H16N4O4/c1-2-29-22(28)17-16(12-6-5-7-13(10-12)20-23-11-24-26-20)19-18(25-21(17)27)14-8-3-4-9-15(14)30-19/h3-11H,2H2,1H3,(H,25,27)(H,23,24,26). The maximum atomic E-state index is 13.0. The second-order valence-corrected chi connectivity index (χ2v) is 6.64. The van der Waals surface area contributed by atoms with Gasteiger partial charge < -0.3 is 14.1 Å². The van der Waals surface area contributed by atoms with Crippen molar-refractivity contribution >= 4 is 28.0 Å². The molecule has 30 heavy (non-hydrogen) atoms. The van der Waals surface area contributed by atoms with E-state index in [2.05, 4.69) is 20.2 Å². The Morgan fingerprint density at radius 2 is 1.97 bits per heavy atom. The SMILES string of the molecule is CCOC(=O)c1c(-c2cccc(-c3ncn[nH]3)c2)c2oc3ccccc3c2[nH]c1=O. The molecule has 8 heteroatoms. The molecule has 0 aliphatic rings. The van der Waals surface area contributed by atoms with Crippen LogP contribution in [-0.4, -0.2) is 32.7 Å². The van der Waals surface area contributed by atoms with Crippen molar-refractivity contribution in [2.45, 2.75) is 6.92 Å². The van der Waals surface area contributed by atoms with Gasteiger partial charge in [-0.05, 0) is 30.7 Å². The predicted octanol–water partition coefficient (Wildman–Crippen LogP) is 3.90. The third-order valence-electron chi connectivity index (χ3n) is 4.86. The van der Waals surface area contributed by atoms with Crippen molar-refractivity contribution in [2.24, 2.45) is 0 Å². The van der Waals surface area contributed by atoms with Gasteiger partial charge >= 0.3 is 5.97 Å². The molecule has 0 amide bonds. The molecule has 0 spiro atoms. The fourth-order valence-corrected chi connectivity index (χ4v) is 3.59. The molecule has 0 unspecified atom stereocenters. The van der Waals surface area contributed by atoms with Crippen LogP contribution in [0.4, 0.5) is 0 Å². The van der Waals surface area contributed by atoms with Crippen molar-refractivity contribution in [1.82, 2.24) is 20.2 Å². The van der Waals surface area contributed by atoms with Crippen LogP contribution in [0.3, 0.4) is 0 Å². The number of H-pyrrole nitrogens is 2. The van der Waals surface area contributed by atoms with Gasteiger partial charge in [0.2, 0.25) is 0 Å². The number of hydrogen-bond donors (Lipinski definition) is 2. The summed E-state index contributed by atoms with van der Waals surface area (Å²) in [6, 6.07) is 14.7. The zero-order valence-corrected chi connectivity index (χ0v) is 15.9. The van der Waals surface area contributed by atoms with Crippen LogP contribution in [0, 0.1) is 0 Å². The lowest BCUT2D eigenvalue weighted by atomic mass is 9.97. The maximum Gasteiger partial charge on any atom is 0.344 e. The number of nitrogens with zero attached hydrogens (tertiary/aromatic N) is 2. The van der Waals surface area contributed by atoms with Crippen LogP contribution in [0.25, 0.3) is 44.6 Å². The van der Waals surface area contributed by atoms with Gasteiger partial charge in [-0.2, -0.15) is 5.10 Å². The minimum atomic E-state index is -0.707. The van der Waals surface area contributed by atoms with Crippen molar-refractivity contribution in [3.05, 3.63) is 70.8 Å². The van der Waals surface area contributed by atoms with E-state index in [9.17, 15) is 9.59 Å². The highest BCUT2D eigenvalue weighted by molar-refractivity contribution is 6.12. The van der Waals surface area contributed by atoms with Crippen LogP contribution < -0.4 is 5.56 Å². The minimum absolute atomic E-state index is 0.0990. The summed E-state index contributed by atoms with van der Waals surface area (Å²) in [4.78, 5) is 32.7. The number of benzene rings is 2. The van der Waals surface area contributed by atoms with E-state index in [0.29, 0.717) is 33.6 Å². The summed E-state index contributed by atoms with van der Waals surface area (Å²) in [5.74, 6) is -0.138. The number of fused-ring (bicyclic) bond motifs is 3. The number of hydrogen-bond acceptors (Lipinski definition) is 6. The zero-order chi connectivity index (χ0) is 20.7. The Kier molecular flexibility index (Phi) is 4.17. The Hall–Kier alpha value is -4.20. The monoisotopic (exact) mass is 400 g/mol. The van der Waals surface area contributed by atoms with Gasteiger partial charge in [-0.25, -0.2) is 9.78 Å². The van der Waals surface area contributed by atoms with E-state index in [4.69, 9.17) is 9.15 Å². The predicted molar refractivity (Wildman–Crippen MR) is 111 cm³/mol. The number of ether oxygens (including phenoxy) is 1. The average Bonchev–Trinajstić information content (AvgIpc) is 3.41. The van der Waals surface area contributed by atoms with Gasteiger partial charge in [0, 0.05) is 16.5 Å². The lowest BCUT2D eigenvalue weighted by molar-refractivity contribution is 0.0525. The highest BCUT2D eigenvalue weighted by atomic mass is 16.5. The number of rotatable bonds is 4. The fraction of sp³-hybridized carbons (Fsp3) is 0.0909. The molecule has 2 aromatic carbocycles. The topological polar surface area (TPSA) is 114 Å². The van der Waals surface area contributed by atoms with E-state index in [1.54, 1.807) is 6.92 Å². The van der Waals surface area contributed by atoms with Crippen molar-refractivity contribution in [2.75, 3.05) is 6.61 Å². The summed E-state index contributed by atoms with van der Waals surface area (Å²) in [5, 5.41) is 7.45. The van der Waals surface area contributed by atoms with E-state index >= 15 is 0 Å². The Bertz CT molecular complexity index is 1450. The molecule has 0 aliphatic carbocycles. The number of aromatic nitrogens is 4. The van der Waals surface area contributed by atoms with Crippen molar-refractivity contribution in [1.29, 1.82) is 0 Å². The third kappa shape index (κ3) is 2.77. The number of pyridine rings is 1. The maximum absolute atomic E-state index is 13.0. The first kappa shape index (κ1) is 17.9. The Balaban J connectivity index is 1.87. The summed E-state index contributed by atoms with van der Waals surface area (Å²) in [7, 11) is 0. The van der Waals surface area contributed by atoms with Gasteiger partial charge in [-0.3, -0.25) is 9.89 Å². The second kappa shape index (κ2) is 7.00. The highest BCUT2D eigenvalue weighted by Gasteiger charge is 2.25. The third-order valence-corrected chi connectivity index (χ3v) is 4.86. The lowest BCUT2D eigenvalue weighted by Gasteiger charge is -2.10. The fourth-order valence-electron chi connectivity index (χ4n) is 3.59. The van der Waals surface area contributed by atoms with E-state index in [-0.39, 0.29) is 12.2 Å². The minimum Gasteiger partial charge on any atom is -0.462 e. The van der Waals surface area contributed by atoms with Gasteiger partial charge in [-0.1, -0.05) is 30.3 Å². The molecule has 0 bridgehead atoms. The second-order valence-electron chi connectivity index (χ2n) is 6.64. The molecule has 2 N–H and O–H groups in total. The Labute approximate surface area is 169 Å². The Morgan fingerprint density at radius 3 is 2.77 bits per heavy atom. The first-order valence-electron chi connectivity index (χ1n) is 9.38. The molecule has 0 fully saturated rings. The van der Waals surface area contributed by atoms with Crippen LogP contribution in [-0.2, 0) is 4.74 Å². The van der Waals surface area contributed by atoms with E-state index in [1.165, 1.54) is 6.33 Å². The van der Waals surface area contributed by atoms with Gasteiger partial charge in [0.25, 0.3) is 5.56 Å². The van der Waals surface area contributed by atoms with E-state index in [1.807, 2.05) is 48.5 Å². The smallest absolute Gasteiger partial charge is 0.344 e. The summed E-state index contributed by atoms with van der Waals surface area (Å²) in [5.41, 5.74) is 2.68. The molecule has 0 saturated carbocycles. The largest absolute Gasteiger partial charge is 0.462 e. The summed E-state index contributed by atoms with van der Waals surface area (Å²) < 4.78 is 11.2. The van der Waals surface area contributed by atoms with Crippen molar-refractivity contribution < 1.29 is 13.9 Å². The first-order chi connectivity index (χ1) is 14.7. The number of para-hydroxylation sites is 1. The van der Waals surface area contributed by atoms with E-state index in [0.717, 1.165) is 10.9 Å². The molecule has 5 rings (SSSR count). The molecule has 148 valence electrons. The summed E-state index contributed by atoms with van der Waals surface area (Å²) in [6.45, 7) is 1.84. The van der Waals surface area contributed by atoms with Gasteiger partial charge in [0.05, 0.1) is 12.1 Å². The normalized spacial score (nSPS) is 11.2. The van der Waals surface area contributed by atoms with Crippen molar-refractivity contribution in [3.63, 3.8) is 0 Å². The molecule has 8 nitrogen and oxygen atoms in total. The van der Waals surface area contributed by atoms with Gasteiger partial charge in [0.1, 0.15) is 17.5 Å². The molecular formula is C22H16N4O4. The summed E-state index contributed by atoms with van der Waals surface area (Å²) in [6.07, 6.45) is 1.41. The summed E-state index contributed by atoms with van der Waals surface area (Å²) >= 11 is 0. The lowest BCUT2D eigenvalue weighted by Crippen LogP contribution is -2.21. The number of carbonyl (C=O) groups is 1. The molecule has 3 heterocycles. The van der Waals surface area contributed by atoms with Crippen LogP contribution in [0.5, 0.6) is 0 Å². The van der Waals surface area contributed by atoms with E-state index < -0.39 is 11.5 Å². The molecule has 0 aliphatic heterocycles. The Morgan fingerprint density at radius 1 is 1.13 bits per heavy atom. The van der Waals surface area contributed by atoms with Gasteiger partial charge in [0.15, 0.2) is 11.4 Å². The van der Waals surface area contributed by atoms with Crippen molar-refractivity contribution in [3.8, 4) is 22.5 Å². The molecular weight excluding hydrogens is 384 g/mol. The van der Waals surface area contributed by atoms with Crippen LogP contribution in [0.1, 0.15) is 17.3 Å². The molecule has 3 aromatic heterocycles. The zero-order valence-electron chi connectivity index (χ0n) is 15.9. The molecule has 0 saturated heterocycles. The molecule has 0 radical (unpaired) electrons. The average molecular weight is 400 g/mol. The number of nitrogens with one attached hydrogen (secondary N) is 2. The van der Waals surface area contributed by atoms with Crippen LogP contribution in [0.2, 0.25) is 0 Å². The molecule has 0 atom stereocenters. The molecule has 5 aromatic rings. The van der Waals surface area contributed by atoms with Gasteiger partial charge in [-0.15, -0.1) is 0 Å². The number of furan rings is 1. The quantitative estimate of drug-likeness (QED) is 0.442. The highest BCUT2D eigenvalue weighted by Crippen LogP contribution is 2.36. The first-order valence-corrected chi connectivity index (χ1v) is 9.38. The van der Waals surface area contributed by atoms with Crippen LogP contribution >= 0.6 is 0 Å².